The normalized spacial score (nSPS) is 10.6. The van der Waals surface area contributed by atoms with Crippen molar-refractivity contribution in [3.63, 3.8) is 0 Å². The molecule has 1 aromatic heterocycles. The highest BCUT2D eigenvalue weighted by Crippen LogP contribution is 2.27. The highest BCUT2D eigenvalue weighted by atomic mass is 32.1. The summed E-state index contributed by atoms with van der Waals surface area (Å²) in [5.74, 6) is 0.584. The zero-order valence-corrected chi connectivity index (χ0v) is 17.8. The molecule has 0 radical (unpaired) electrons. The summed E-state index contributed by atoms with van der Waals surface area (Å²) in [5, 5.41) is 15.9. The van der Waals surface area contributed by atoms with Crippen molar-refractivity contribution in [1.29, 1.82) is 0 Å². The molecule has 2 aromatic carbocycles. The van der Waals surface area contributed by atoms with Crippen LogP contribution in [0.5, 0.6) is 5.75 Å². The lowest BCUT2D eigenvalue weighted by atomic mass is 10.1. The number of benzene rings is 2. The summed E-state index contributed by atoms with van der Waals surface area (Å²) in [6.45, 7) is 4.87. The van der Waals surface area contributed by atoms with Gasteiger partial charge in [-0.15, -0.1) is 11.3 Å². The van der Waals surface area contributed by atoms with Crippen LogP contribution in [0.4, 0.5) is 10.8 Å². The summed E-state index contributed by atoms with van der Waals surface area (Å²) in [4.78, 5) is 29.1. The minimum absolute atomic E-state index is 0.00184. The molecule has 0 aliphatic heterocycles. The SMILES string of the molecule is C=CCOc1ccc(CN(C)CC(=O)Nc2nc(-c3cccc([N+](=O)[O-])c3)cs2)cc1. The Bertz CT molecular complexity index is 1070. The number of nitro groups is 1. The molecule has 3 aromatic rings. The van der Waals surface area contributed by atoms with E-state index < -0.39 is 4.92 Å². The molecule has 0 aliphatic carbocycles. The number of likely N-dealkylation sites (N-methyl/N-ethyl adjacent to an activating group) is 1. The van der Waals surface area contributed by atoms with Crippen LogP contribution in [-0.4, -0.2) is 40.9 Å². The van der Waals surface area contributed by atoms with Gasteiger partial charge < -0.3 is 10.1 Å². The second-order valence-electron chi connectivity index (χ2n) is 6.81. The Morgan fingerprint density at radius 1 is 1.32 bits per heavy atom. The second-order valence-corrected chi connectivity index (χ2v) is 7.67. The van der Waals surface area contributed by atoms with Crippen LogP contribution in [-0.2, 0) is 11.3 Å². The molecular formula is C22H22N4O4S. The maximum Gasteiger partial charge on any atom is 0.270 e. The van der Waals surface area contributed by atoms with Gasteiger partial charge in [0.05, 0.1) is 17.2 Å². The van der Waals surface area contributed by atoms with Gasteiger partial charge in [-0.05, 0) is 24.7 Å². The molecule has 1 N–H and O–H groups in total. The van der Waals surface area contributed by atoms with Gasteiger partial charge in [-0.25, -0.2) is 4.98 Å². The number of nitro benzene ring substituents is 1. The highest BCUT2D eigenvalue weighted by molar-refractivity contribution is 7.14. The van der Waals surface area contributed by atoms with Crippen LogP contribution in [0, 0.1) is 10.1 Å². The number of hydrogen-bond donors (Lipinski definition) is 1. The number of nitrogens with one attached hydrogen (secondary N) is 1. The lowest BCUT2D eigenvalue weighted by Crippen LogP contribution is -2.29. The molecule has 0 saturated heterocycles. The van der Waals surface area contributed by atoms with Gasteiger partial charge in [0.25, 0.3) is 5.69 Å². The van der Waals surface area contributed by atoms with E-state index >= 15 is 0 Å². The van der Waals surface area contributed by atoms with E-state index in [4.69, 9.17) is 4.74 Å². The summed E-state index contributed by atoms with van der Waals surface area (Å²) in [7, 11) is 1.86. The molecule has 0 aliphatic rings. The van der Waals surface area contributed by atoms with Gasteiger partial charge in [-0.1, -0.05) is 36.9 Å². The number of carbonyl (C=O) groups excluding carboxylic acids is 1. The smallest absolute Gasteiger partial charge is 0.270 e. The van der Waals surface area contributed by atoms with Crippen LogP contribution >= 0.6 is 11.3 Å². The van der Waals surface area contributed by atoms with Crippen molar-refractivity contribution in [1.82, 2.24) is 9.88 Å². The zero-order chi connectivity index (χ0) is 22.2. The predicted octanol–water partition coefficient (Wildman–Crippen LogP) is 4.35. The van der Waals surface area contributed by atoms with Crippen LogP contribution in [0.2, 0.25) is 0 Å². The molecule has 0 spiro atoms. The van der Waals surface area contributed by atoms with Gasteiger partial charge in [0, 0.05) is 29.6 Å². The van der Waals surface area contributed by atoms with E-state index in [1.807, 2.05) is 36.2 Å². The quantitative estimate of drug-likeness (QED) is 0.287. The van der Waals surface area contributed by atoms with E-state index in [9.17, 15) is 14.9 Å². The second kappa shape index (κ2) is 10.5. The molecule has 31 heavy (non-hydrogen) atoms. The molecule has 9 heteroatoms. The summed E-state index contributed by atoms with van der Waals surface area (Å²) in [5.41, 5.74) is 2.26. The minimum Gasteiger partial charge on any atom is -0.490 e. The molecule has 3 rings (SSSR count). The summed E-state index contributed by atoms with van der Waals surface area (Å²) >= 11 is 1.27. The zero-order valence-electron chi connectivity index (χ0n) is 17.0. The molecule has 0 fully saturated rings. The van der Waals surface area contributed by atoms with Crippen molar-refractivity contribution in [3.05, 3.63) is 82.2 Å². The van der Waals surface area contributed by atoms with Crippen molar-refractivity contribution in [2.24, 2.45) is 0 Å². The predicted molar refractivity (Wildman–Crippen MR) is 121 cm³/mol. The Morgan fingerprint density at radius 2 is 2.10 bits per heavy atom. The third kappa shape index (κ3) is 6.46. The van der Waals surface area contributed by atoms with E-state index in [1.165, 1.54) is 23.5 Å². The Labute approximate surface area is 184 Å². The molecule has 0 atom stereocenters. The number of carbonyl (C=O) groups is 1. The third-order valence-electron chi connectivity index (χ3n) is 4.26. The topological polar surface area (TPSA) is 97.6 Å². The monoisotopic (exact) mass is 438 g/mol. The highest BCUT2D eigenvalue weighted by Gasteiger charge is 2.13. The molecule has 160 valence electrons. The van der Waals surface area contributed by atoms with E-state index in [2.05, 4.69) is 16.9 Å². The Balaban J connectivity index is 1.53. The first kappa shape index (κ1) is 22.1. The fourth-order valence-corrected chi connectivity index (χ4v) is 3.60. The van der Waals surface area contributed by atoms with E-state index in [1.54, 1.807) is 23.6 Å². The van der Waals surface area contributed by atoms with Gasteiger partial charge in [0.2, 0.25) is 5.91 Å². The Hall–Kier alpha value is -3.56. The Kier molecular flexibility index (Phi) is 7.47. The van der Waals surface area contributed by atoms with Crippen molar-refractivity contribution >= 4 is 28.1 Å². The molecule has 0 bridgehead atoms. The number of aromatic nitrogens is 1. The largest absolute Gasteiger partial charge is 0.490 e. The fraction of sp³-hybridized carbons (Fsp3) is 0.182. The van der Waals surface area contributed by atoms with Gasteiger partial charge in [0.1, 0.15) is 12.4 Å². The number of amides is 1. The number of ether oxygens (including phenoxy) is 1. The number of non-ortho nitro benzene ring substituents is 1. The lowest BCUT2D eigenvalue weighted by molar-refractivity contribution is -0.384. The van der Waals surface area contributed by atoms with Crippen LogP contribution < -0.4 is 10.1 Å². The molecule has 0 saturated carbocycles. The number of rotatable bonds is 10. The summed E-state index contributed by atoms with van der Waals surface area (Å²) in [6, 6.07) is 13.9. The summed E-state index contributed by atoms with van der Waals surface area (Å²) < 4.78 is 5.46. The molecule has 1 amide bonds. The molecule has 8 nitrogen and oxygen atoms in total. The first-order chi connectivity index (χ1) is 14.9. The van der Waals surface area contributed by atoms with Crippen LogP contribution in [0.25, 0.3) is 11.3 Å². The maximum atomic E-state index is 12.4. The van der Waals surface area contributed by atoms with Crippen molar-refractivity contribution in [3.8, 4) is 17.0 Å². The average molecular weight is 439 g/mol. The maximum absolute atomic E-state index is 12.4. The van der Waals surface area contributed by atoms with Crippen molar-refractivity contribution in [2.45, 2.75) is 6.54 Å². The number of anilines is 1. The summed E-state index contributed by atoms with van der Waals surface area (Å²) in [6.07, 6.45) is 1.69. The van der Waals surface area contributed by atoms with Gasteiger partial charge in [-0.3, -0.25) is 19.8 Å². The van der Waals surface area contributed by atoms with Crippen molar-refractivity contribution in [2.75, 3.05) is 25.5 Å². The third-order valence-corrected chi connectivity index (χ3v) is 5.02. The van der Waals surface area contributed by atoms with Gasteiger partial charge >= 0.3 is 0 Å². The first-order valence-electron chi connectivity index (χ1n) is 9.46. The Morgan fingerprint density at radius 3 is 2.81 bits per heavy atom. The lowest BCUT2D eigenvalue weighted by Gasteiger charge is -2.16. The van der Waals surface area contributed by atoms with E-state index in [0.717, 1.165) is 11.3 Å². The number of thiazole rings is 1. The first-order valence-corrected chi connectivity index (χ1v) is 10.3. The van der Waals surface area contributed by atoms with Gasteiger partial charge in [-0.2, -0.15) is 0 Å². The molecule has 0 unspecified atom stereocenters. The van der Waals surface area contributed by atoms with Crippen LogP contribution in [0.15, 0.2) is 66.6 Å². The van der Waals surface area contributed by atoms with E-state index in [0.29, 0.717) is 29.5 Å². The fourth-order valence-electron chi connectivity index (χ4n) is 2.86. The van der Waals surface area contributed by atoms with Crippen molar-refractivity contribution < 1.29 is 14.5 Å². The molecule has 1 heterocycles. The van der Waals surface area contributed by atoms with Gasteiger partial charge in [0.15, 0.2) is 5.13 Å². The average Bonchev–Trinajstić information content (AvgIpc) is 3.21. The standard InChI is InChI=1S/C22H22N4O4S/c1-3-11-30-19-9-7-16(8-10-19)13-25(2)14-21(27)24-22-23-20(15-31-22)17-5-4-6-18(12-17)26(28)29/h3-10,12,15H,1,11,13-14H2,2H3,(H,23,24,27). The van der Waals surface area contributed by atoms with Crippen LogP contribution in [0.3, 0.4) is 0 Å². The number of nitrogens with zero attached hydrogens (tertiary/aromatic N) is 3. The number of hydrogen-bond acceptors (Lipinski definition) is 7. The van der Waals surface area contributed by atoms with Crippen LogP contribution in [0.1, 0.15) is 5.56 Å². The van der Waals surface area contributed by atoms with E-state index in [-0.39, 0.29) is 18.1 Å². The molecular weight excluding hydrogens is 416 g/mol. The minimum atomic E-state index is -0.448.